The van der Waals surface area contributed by atoms with Gasteiger partial charge in [-0.1, -0.05) is 0 Å². The van der Waals surface area contributed by atoms with Gasteiger partial charge in [-0.3, -0.25) is 0 Å². The van der Waals surface area contributed by atoms with E-state index in [1.807, 2.05) is 0 Å². The molecule has 0 atom stereocenters. The Balaban J connectivity index is 2.11. The minimum atomic E-state index is -4.48. The van der Waals surface area contributed by atoms with Crippen LogP contribution < -0.4 is 11.1 Å². The first-order valence-corrected chi connectivity index (χ1v) is 5.95. The summed E-state index contributed by atoms with van der Waals surface area (Å²) in [7, 11) is 0. The van der Waals surface area contributed by atoms with E-state index in [1.54, 1.807) is 0 Å². The molecule has 0 aromatic carbocycles. The lowest BCUT2D eigenvalue weighted by Gasteiger charge is -2.06. The van der Waals surface area contributed by atoms with Crippen LogP contribution in [0.15, 0.2) is 18.5 Å². The van der Waals surface area contributed by atoms with Crippen LogP contribution >= 0.6 is 0 Å². The average molecular weight is 289 g/mol. The summed E-state index contributed by atoms with van der Waals surface area (Å²) < 4.78 is 44.1. The molecular formula is C11H14F3N5O. The maximum Gasteiger partial charge on any atom is 0.435 e. The molecule has 110 valence electrons. The summed E-state index contributed by atoms with van der Waals surface area (Å²) in [6.45, 7) is 1.66. The van der Waals surface area contributed by atoms with Gasteiger partial charge in [0.25, 0.3) is 0 Å². The Labute approximate surface area is 112 Å². The van der Waals surface area contributed by atoms with Gasteiger partial charge in [0.1, 0.15) is 5.52 Å². The third kappa shape index (κ3) is 3.36. The molecule has 0 unspecified atom stereocenters. The number of nitrogens with zero attached hydrogens (tertiary/aromatic N) is 3. The molecule has 2 aromatic heterocycles. The third-order valence-corrected chi connectivity index (χ3v) is 2.48. The maximum atomic E-state index is 12.6. The van der Waals surface area contributed by atoms with Crippen molar-refractivity contribution in [2.24, 2.45) is 5.73 Å². The monoisotopic (exact) mass is 289 g/mol. The molecule has 0 spiro atoms. The predicted molar refractivity (Wildman–Crippen MR) is 66.4 cm³/mol. The summed E-state index contributed by atoms with van der Waals surface area (Å²) in [6.07, 6.45) is -1.74. The number of nitrogens with two attached hydrogens (primary N) is 1. The Morgan fingerprint density at radius 1 is 1.35 bits per heavy atom. The zero-order valence-corrected chi connectivity index (χ0v) is 10.5. The lowest BCUT2D eigenvalue weighted by molar-refractivity contribution is -0.141. The molecule has 0 saturated heterocycles. The summed E-state index contributed by atoms with van der Waals surface area (Å²) in [5.74, 6) is 0.326. The fourth-order valence-corrected chi connectivity index (χ4v) is 1.62. The molecule has 0 amide bonds. The van der Waals surface area contributed by atoms with E-state index in [0.29, 0.717) is 32.1 Å². The summed E-state index contributed by atoms with van der Waals surface area (Å²) in [6, 6.07) is 0.954. The number of fused-ring (bicyclic) bond motifs is 1. The number of anilines is 1. The van der Waals surface area contributed by atoms with E-state index in [9.17, 15) is 13.2 Å². The van der Waals surface area contributed by atoms with Gasteiger partial charge in [-0.25, -0.2) is 9.50 Å². The third-order valence-electron chi connectivity index (χ3n) is 2.48. The highest BCUT2D eigenvalue weighted by Gasteiger charge is 2.34. The fourth-order valence-electron chi connectivity index (χ4n) is 1.62. The van der Waals surface area contributed by atoms with Gasteiger partial charge in [-0.05, 0) is 0 Å². The van der Waals surface area contributed by atoms with Gasteiger partial charge in [0.15, 0.2) is 11.5 Å². The second-order valence-corrected chi connectivity index (χ2v) is 3.96. The molecule has 3 N–H and O–H groups in total. The quantitative estimate of drug-likeness (QED) is 0.780. The van der Waals surface area contributed by atoms with Crippen molar-refractivity contribution in [3.63, 3.8) is 0 Å². The molecule has 0 fully saturated rings. The molecule has 0 radical (unpaired) electrons. The summed E-state index contributed by atoms with van der Waals surface area (Å²) >= 11 is 0. The van der Waals surface area contributed by atoms with Crippen LogP contribution in [-0.4, -0.2) is 40.9 Å². The number of ether oxygens (including phenoxy) is 1. The molecule has 9 heteroatoms. The minimum absolute atomic E-state index is 0.263. The molecule has 20 heavy (non-hydrogen) atoms. The van der Waals surface area contributed by atoms with E-state index >= 15 is 0 Å². The lowest BCUT2D eigenvalue weighted by atomic mass is 10.3. The number of rotatable bonds is 6. The van der Waals surface area contributed by atoms with Crippen LogP contribution in [0.5, 0.6) is 0 Å². The summed E-state index contributed by atoms with van der Waals surface area (Å²) in [5.41, 5.74) is 4.58. The van der Waals surface area contributed by atoms with Crippen molar-refractivity contribution in [2.75, 3.05) is 31.6 Å². The number of nitrogens with one attached hydrogen (secondary N) is 1. The van der Waals surface area contributed by atoms with Gasteiger partial charge in [0.2, 0.25) is 0 Å². The zero-order chi connectivity index (χ0) is 14.6. The Hall–Kier alpha value is -1.87. The lowest BCUT2D eigenvalue weighted by Crippen LogP contribution is -2.15. The number of alkyl halides is 3. The highest BCUT2D eigenvalue weighted by Crippen LogP contribution is 2.29. The highest BCUT2D eigenvalue weighted by atomic mass is 19.4. The zero-order valence-electron chi connectivity index (χ0n) is 10.5. The van der Waals surface area contributed by atoms with Gasteiger partial charge in [0, 0.05) is 31.5 Å². The molecule has 2 aromatic rings. The van der Waals surface area contributed by atoms with Crippen molar-refractivity contribution in [3.8, 4) is 0 Å². The summed E-state index contributed by atoms with van der Waals surface area (Å²) in [5, 5.41) is 6.37. The Morgan fingerprint density at radius 2 is 2.15 bits per heavy atom. The number of aromatic nitrogens is 3. The molecule has 0 aliphatic rings. The molecule has 0 bridgehead atoms. The van der Waals surface area contributed by atoms with Crippen molar-refractivity contribution in [1.29, 1.82) is 0 Å². The molecule has 0 aliphatic carbocycles. The van der Waals surface area contributed by atoms with Crippen molar-refractivity contribution in [2.45, 2.75) is 6.18 Å². The van der Waals surface area contributed by atoms with Crippen molar-refractivity contribution < 1.29 is 17.9 Å². The molecule has 0 aliphatic heterocycles. The van der Waals surface area contributed by atoms with Gasteiger partial charge in [-0.15, -0.1) is 0 Å². The summed E-state index contributed by atoms with van der Waals surface area (Å²) in [4.78, 5) is 4.00. The largest absolute Gasteiger partial charge is 0.435 e. The van der Waals surface area contributed by atoms with Crippen molar-refractivity contribution >= 4 is 11.3 Å². The van der Waals surface area contributed by atoms with E-state index in [4.69, 9.17) is 10.5 Å². The molecular weight excluding hydrogens is 275 g/mol. The van der Waals surface area contributed by atoms with Crippen LogP contribution in [0.4, 0.5) is 19.0 Å². The minimum Gasteiger partial charge on any atom is -0.378 e. The van der Waals surface area contributed by atoms with Crippen LogP contribution in [0, 0.1) is 0 Å². The van der Waals surface area contributed by atoms with Gasteiger partial charge in [0.05, 0.1) is 13.2 Å². The van der Waals surface area contributed by atoms with Gasteiger partial charge >= 0.3 is 6.18 Å². The van der Waals surface area contributed by atoms with Crippen LogP contribution in [0.2, 0.25) is 0 Å². The average Bonchev–Trinajstić information content (AvgIpc) is 2.83. The molecule has 2 heterocycles. The van der Waals surface area contributed by atoms with Gasteiger partial charge < -0.3 is 15.8 Å². The molecule has 0 saturated carbocycles. The second-order valence-electron chi connectivity index (χ2n) is 3.96. The van der Waals surface area contributed by atoms with Crippen molar-refractivity contribution in [3.05, 3.63) is 24.2 Å². The Bertz CT molecular complexity index is 569. The van der Waals surface area contributed by atoms with E-state index in [1.165, 1.54) is 12.4 Å². The standard InChI is InChI=1S/C11H14F3N5O/c12-11(13,14)9-7-8-10(16-2-4-19(8)18-9)17-3-6-20-5-1-15/h2,4,7H,1,3,5-6,15H2,(H,16,17). The SMILES string of the molecule is NCCOCCNc1nccn2nc(C(F)(F)F)cc12. The van der Waals surface area contributed by atoms with Gasteiger partial charge in [-0.2, -0.15) is 18.3 Å². The second kappa shape index (κ2) is 6.06. The van der Waals surface area contributed by atoms with E-state index in [0.717, 1.165) is 10.6 Å². The fraction of sp³-hybridized carbons (Fsp3) is 0.455. The van der Waals surface area contributed by atoms with Crippen LogP contribution in [0.3, 0.4) is 0 Å². The first-order valence-electron chi connectivity index (χ1n) is 5.95. The predicted octanol–water partition coefficient (Wildman–Crippen LogP) is 1.14. The van der Waals surface area contributed by atoms with Crippen molar-refractivity contribution in [1.82, 2.24) is 14.6 Å². The first kappa shape index (κ1) is 14.5. The maximum absolute atomic E-state index is 12.6. The smallest absolute Gasteiger partial charge is 0.378 e. The Morgan fingerprint density at radius 3 is 2.85 bits per heavy atom. The van der Waals surface area contributed by atoms with E-state index < -0.39 is 11.9 Å². The van der Waals surface area contributed by atoms with Crippen LogP contribution in [0.25, 0.3) is 5.52 Å². The van der Waals surface area contributed by atoms with Crippen LogP contribution in [0.1, 0.15) is 5.69 Å². The van der Waals surface area contributed by atoms with Crippen LogP contribution in [-0.2, 0) is 10.9 Å². The normalized spacial score (nSPS) is 12.0. The van der Waals surface area contributed by atoms with E-state index in [-0.39, 0.29) is 5.52 Å². The topological polar surface area (TPSA) is 77.5 Å². The Kier molecular flexibility index (Phi) is 4.40. The molecule has 2 rings (SSSR count). The number of halogens is 3. The van der Waals surface area contributed by atoms with E-state index in [2.05, 4.69) is 15.4 Å². The number of hydrogen-bond donors (Lipinski definition) is 2. The first-order chi connectivity index (χ1) is 9.52. The highest BCUT2D eigenvalue weighted by molar-refractivity contribution is 5.67. The number of hydrogen-bond acceptors (Lipinski definition) is 5. The molecule has 6 nitrogen and oxygen atoms in total.